The molecule has 1 N–H and O–H groups in total. The molecule has 0 amide bonds. The van der Waals surface area contributed by atoms with Gasteiger partial charge in [-0.15, -0.1) is 0 Å². The second-order valence-corrected chi connectivity index (χ2v) is 5.81. The van der Waals surface area contributed by atoms with E-state index < -0.39 is 5.60 Å². The number of hydrogen-bond acceptors (Lipinski definition) is 3. The van der Waals surface area contributed by atoms with Gasteiger partial charge < -0.3 is 14.7 Å². The first-order valence-electron chi connectivity index (χ1n) is 6.96. The van der Waals surface area contributed by atoms with E-state index in [1.54, 1.807) is 0 Å². The highest BCUT2D eigenvalue weighted by Gasteiger charge is 2.49. The number of rotatable bonds is 0. The third-order valence-corrected chi connectivity index (χ3v) is 4.45. The summed E-state index contributed by atoms with van der Waals surface area (Å²) in [6.45, 7) is 1.47. The molecule has 0 saturated carbocycles. The summed E-state index contributed by atoms with van der Waals surface area (Å²) in [7, 11) is 2.05. The van der Waals surface area contributed by atoms with Crippen LogP contribution in [0.2, 0.25) is 0 Å². The molecule has 3 heteroatoms. The van der Waals surface area contributed by atoms with E-state index >= 15 is 0 Å². The van der Waals surface area contributed by atoms with E-state index in [0.29, 0.717) is 6.54 Å². The van der Waals surface area contributed by atoms with Crippen molar-refractivity contribution in [3.8, 4) is 11.5 Å². The Bertz CT molecular complexity index is 670. The van der Waals surface area contributed by atoms with Crippen LogP contribution >= 0.6 is 0 Å². The predicted molar refractivity (Wildman–Crippen MR) is 77.1 cm³/mol. The number of benzene rings is 2. The van der Waals surface area contributed by atoms with Crippen LogP contribution in [-0.4, -0.2) is 30.1 Å². The fraction of sp³-hybridized carbons (Fsp3) is 0.294. The van der Waals surface area contributed by atoms with Gasteiger partial charge >= 0.3 is 0 Å². The van der Waals surface area contributed by atoms with Crippen LogP contribution in [0, 0.1) is 0 Å². The number of para-hydroxylation sites is 2. The fourth-order valence-electron chi connectivity index (χ4n) is 3.57. The largest absolute Gasteiger partial charge is 0.457 e. The minimum atomic E-state index is -0.877. The highest BCUT2D eigenvalue weighted by Crippen LogP contribution is 2.51. The van der Waals surface area contributed by atoms with E-state index in [9.17, 15) is 5.11 Å². The van der Waals surface area contributed by atoms with Crippen LogP contribution in [0.1, 0.15) is 17.0 Å². The first-order chi connectivity index (χ1) is 9.68. The summed E-state index contributed by atoms with van der Waals surface area (Å²) in [6, 6.07) is 15.9. The molecule has 1 saturated heterocycles. The van der Waals surface area contributed by atoms with Crippen molar-refractivity contribution in [2.75, 3.05) is 20.1 Å². The predicted octanol–water partition coefficient (Wildman–Crippen LogP) is 2.71. The van der Waals surface area contributed by atoms with Crippen molar-refractivity contribution >= 4 is 0 Å². The topological polar surface area (TPSA) is 32.7 Å². The molecule has 2 aromatic carbocycles. The second-order valence-electron chi connectivity index (χ2n) is 5.81. The number of ether oxygens (including phenoxy) is 1. The Hall–Kier alpha value is -1.84. The maximum absolute atomic E-state index is 11.3. The van der Waals surface area contributed by atoms with Gasteiger partial charge in [-0.2, -0.15) is 0 Å². The maximum atomic E-state index is 11.3. The molecule has 20 heavy (non-hydrogen) atoms. The number of aliphatic hydroxyl groups is 1. The van der Waals surface area contributed by atoms with Crippen LogP contribution in [0.5, 0.6) is 11.5 Å². The number of likely N-dealkylation sites (tertiary alicyclic amines) is 1. The third kappa shape index (κ3) is 1.54. The minimum Gasteiger partial charge on any atom is -0.457 e. The standard InChI is InChI=1S/C17H17NO2/c1-18-10-14-12-6-2-4-8-15(12)20-16-9-5-3-7-13(16)17(14,19)11-18/h2-9,14,19H,10-11H2,1H3/t14-,17-/m1/s1. The van der Waals surface area contributed by atoms with Crippen LogP contribution < -0.4 is 4.74 Å². The smallest absolute Gasteiger partial charge is 0.133 e. The number of hydrogen-bond donors (Lipinski definition) is 1. The van der Waals surface area contributed by atoms with Crippen molar-refractivity contribution in [2.24, 2.45) is 0 Å². The molecule has 0 spiro atoms. The molecular weight excluding hydrogens is 250 g/mol. The zero-order valence-electron chi connectivity index (χ0n) is 11.4. The summed E-state index contributed by atoms with van der Waals surface area (Å²) in [5.41, 5.74) is 1.11. The molecule has 2 aromatic rings. The van der Waals surface area contributed by atoms with Gasteiger partial charge in [-0.3, -0.25) is 0 Å². The molecule has 0 bridgehead atoms. The zero-order valence-corrected chi connectivity index (χ0v) is 11.4. The van der Waals surface area contributed by atoms with Crippen LogP contribution in [0.15, 0.2) is 48.5 Å². The number of likely N-dealkylation sites (N-methyl/N-ethyl adjacent to an activating group) is 1. The Labute approximate surface area is 118 Å². The number of nitrogens with zero attached hydrogens (tertiary/aromatic N) is 1. The molecule has 2 aliphatic heterocycles. The van der Waals surface area contributed by atoms with Crippen molar-refractivity contribution in [2.45, 2.75) is 11.5 Å². The average molecular weight is 267 g/mol. The van der Waals surface area contributed by atoms with Crippen LogP contribution in [0.25, 0.3) is 0 Å². The molecule has 102 valence electrons. The van der Waals surface area contributed by atoms with E-state index in [-0.39, 0.29) is 5.92 Å². The third-order valence-electron chi connectivity index (χ3n) is 4.45. The molecule has 4 rings (SSSR count). The van der Waals surface area contributed by atoms with E-state index in [1.165, 1.54) is 0 Å². The summed E-state index contributed by atoms with van der Waals surface area (Å²) >= 11 is 0. The van der Waals surface area contributed by atoms with Crippen molar-refractivity contribution in [3.05, 3.63) is 59.7 Å². The first-order valence-corrected chi connectivity index (χ1v) is 6.96. The lowest BCUT2D eigenvalue weighted by Gasteiger charge is -2.28. The quantitative estimate of drug-likeness (QED) is 0.796. The number of β-amino-alcohol motifs (C(OH)–C–C–N with tert-alkyl or cyclic N) is 1. The molecular formula is C17H17NO2. The molecule has 1 fully saturated rings. The highest BCUT2D eigenvalue weighted by molar-refractivity contribution is 5.52. The van der Waals surface area contributed by atoms with Gasteiger partial charge in [0.05, 0.1) is 0 Å². The molecule has 2 heterocycles. The SMILES string of the molecule is CN1C[C@@H]2c3ccccc3Oc3ccccc3[C@]2(O)C1. The van der Waals surface area contributed by atoms with Crippen molar-refractivity contribution in [1.29, 1.82) is 0 Å². The molecule has 0 aliphatic carbocycles. The second kappa shape index (κ2) is 4.08. The van der Waals surface area contributed by atoms with E-state index in [4.69, 9.17) is 4.74 Å². The summed E-state index contributed by atoms with van der Waals surface area (Å²) in [5, 5.41) is 11.3. The lowest BCUT2D eigenvalue weighted by Crippen LogP contribution is -2.33. The fourth-order valence-corrected chi connectivity index (χ4v) is 3.57. The lowest BCUT2D eigenvalue weighted by atomic mass is 9.80. The number of fused-ring (bicyclic) bond motifs is 5. The molecule has 0 radical (unpaired) electrons. The summed E-state index contributed by atoms with van der Waals surface area (Å²) in [4.78, 5) is 2.18. The van der Waals surface area contributed by atoms with Crippen LogP contribution in [0.3, 0.4) is 0 Å². The summed E-state index contributed by atoms with van der Waals surface area (Å²) in [6.07, 6.45) is 0. The van der Waals surface area contributed by atoms with Gasteiger partial charge in [-0.1, -0.05) is 36.4 Å². The summed E-state index contributed by atoms with van der Waals surface area (Å²) in [5.74, 6) is 1.67. The van der Waals surface area contributed by atoms with Crippen LogP contribution in [-0.2, 0) is 5.60 Å². The molecule has 2 atom stereocenters. The lowest BCUT2D eigenvalue weighted by molar-refractivity contribution is 0.0337. The van der Waals surface area contributed by atoms with E-state index in [2.05, 4.69) is 18.0 Å². The van der Waals surface area contributed by atoms with Crippen molar-refractivity contribution < 1.29 is 9.84 Å². The Kier molecular flexibility index (Phi) is 2.43. The monoisotopic (exact) mass is 267 g/mol. The normalized spacial score (nSPS) is 28.0. The van der Waals surface area contributed by atoms with Crippen molar-refractivity contribution in [1.82, 2.24) is 4.90 Å². The average Bonchev–Trinajstić information content (AvgIpc) is 2.71. The highest BCUT2D eigenvalue weighted by atomic mass is 16.5. The Morgan fingerprint density at radius 2 is 1.80 bits per heavy atom. The van der Waals surface area contributed by atoms with Gasteiger partial charge in [0.1, 0.15) is 17.1 Å². The molecule has 2 aliphatic rings. The Morgan fingerprint density at radius 1 is 1.10 bits per heavy atom. The van der Waals surface area contributed by atoms with Gasteiger partial charge in [0, 0.05) is 30.1 Å². The minimum absolute atomic E-state index is 0.0485. The van der Waals surface area contributed by atoms with E-state index in [1.807, 2.05) is 42.5 Å². The van der Waals surface area contributed by atoms with Gasteiger partial charge in [-0.05, 0) is 19.2 Å². The zero-order chi connectivity index (χ0) is 13.7. The van der Waals surface area contributed by atoms with Gasteiger partial charge in [0.2, 0.25) is 0 Å². The maximum Gasteiger partial charge on any atom is 0.133 e. The van der Waals surface area contributed by atoms with Crippen LogP contribution in [0.4, 0.5) is 0 Å². The van der Waals surface area contributed by atoms with Gasteiger partial charge in [0.25, 0.3) is 0 Å². The Balaban J connectivity index is 2.00. The van der Waals surface area contributed by atoms with Crippen molar-refractivity contribution in [3.63, 3.8) is 0 Å². The molecule has 0 aromatic heterocycles. The Morgan fingerprint density at radius 3 is 2.65 bits per heavy atom. The molecule has 3 nitrogen and oxygen atoms in total. The first kappa shape index (κ1) is 11.9. The van der Waals surface area contributed by atoms with Gasteiger partial charge in [-0.25, -0.2) is 0 Å². The van der Waals surface area contributed by atoms with Gasteiger partial charge in [0.15, 0.2) is 0 Å². The van der Waals surface area contributed by atoms with E-state index in [0.717, 1.165) is 29.2 Å². The summed E-state index contributed by atoms with van der Waals surface area (Å²) < 4.78 is 6.06. The molecule has 0 unspecified atom stereocenters.